The number of rotatable bonds is 39. The zero-order valence-corrected chi connectivity index (χ0v) is 55.9. The van der Waals surface area contributed by atoms with Gasteiger partial charge in [0.15, 0.2) is 0 Å². The van der Waals surface area contributed by atoms with E-state index in [-0.39, 0.29) is 68.3 Å². The summed E-state index contributed by atoms with van der Waals surface area (Å²) in [5, 5.41) is 27.3. The molecule has 9 N–H and O–H groups in total. The van der Waals surface area contributed by atoms with Crippen molar-refractivity contribution in [3.05, 3.63) is 48.0 Å². The summed E-state index contributed by atoms with van der Waals surface area (Å²) in [5.41, 5.74) is 5.92. The number of methoxy groups -OCH3 is 2. The number of ether oxygens (including phenoxy) is 2. The minimum Gasteiger partial charge on any atom is -0.386 e. The summed E-state index contributed by atoms with van der Waals surface area (Å²) in [6.45, 7) is 21.3. The Balaban J connectivity index is 1.72. The third-order valence-electron chi connectivity index (χ3n) is 17.3. The van der Waals surface area contributed by atoms with Crippen LogP contribution in [0.25, 0.3) is 0 Å². The Morgan fingerprint density at radius 1 is 0.733 bits per heavy atom. The van der Waals surface area contributed by atoms with Gasteiger partial charge in [-0.15, -0.1) is 0 Å². The quantitative estimate of drug-likeness (QED) is 0.0345. The highest BCUT2D eigenvalue weighted by atomic mass is 16.5. The fraction of sp³-hybridized carbons (Fsp3) is 0.703. The van der Waals surface area contributed by atoms with Crippen LogP contribution in [0.15, 0.2) is 42.5 Å². The molecule has 2 unspecified atom stereocenters. The second-order valence-corrected chi connectivity index (χ2v) is 24.9. The standard InChI is InChI=1S/C64H106N12O14/c1-16-41(9)56(47(89-14)36-51(80)75-33-22-27-46(75)58(90-15)42(10)59(83)68-43(11)57(82)44-24-19-18-20-25-44)73(13)63(87)54(39(5)6)71-62(86)55(40(7)8)72(12)52(81)37-67-60(84)45(26-21-31-66-64(65)88)69-61(85)53(38(3)4)70-48(77)30-35-74(17-2)32-23-34-76-49(78)28-29-50(76)79/h18-20,24-25,28-29,38-43,45-47,53-58,82H,16-17,21-23,26-27,30-37H2,1-15H3,(H,67,84)(H,68,83)(H,69,85)(H,70,77)(H,71,86)(H3,65,66,88)/t41-,42+,43+,45-,46-,47+,53?,54?,55-,56-,57+,58+/m0/s1. The Kier molecular flexibility index (Phi) is 32.6. The molecule has 0 aliphatic carbocycles. The number of likely N-dealkylation sites (N-methyl/N-ethyl adjacent to an activating group) is 2. The van der Waals surface area contributed by atoms with E-state index in [0.29, 0.717) is 57.4 Å². The SMILES string of the molecule is CC[C@H](C)[C@@H]([C@@H](CC(=O)N1CCC[C@H]1[C@H](OC)[C@@H](C)C(=O)N[C@H](C)[C@@H](O)c1ccccc1)OC)N(C)C(=O)C(NC(=O)[C@H](C(C)C)N(C)C(=O)CNC(=O)[C@H](CCCNC(N)=O)NC(=O)C(NC(=O)CCN(CC)CCCN1C(=O)C=CC1=O)C(C)C)C(C)C. The molecule has 0 bridgehead atoms. The summed E-state index contributed by atoms with van der Waals surface area (Å²) in [4.78, 5) is 156. The Labute approximate surface area is 532 Å². The Hall–Kier alpha value is -7.03. The molecule has 12 amide bonds. The van der Waals surface area contributed by atoms with Crippen LogP contribution in [0.3, 0.4) is 0 Å². The van der Waals surface area contributed by atoms with E-state index in [1.54, 1.807) is 79.5 Å². The smallest absolute Gasteiger partial charge is 0.312 e. The van der Waals surface area contributed by atoms with Crippen LogP contribution in [0.2, 0.25) is 0 Å². The van der Waals surface area contributed by atoms with Crippen molar-refractivity contribution in [1.29, 1.82) is 0 Å². The number of amides is 12. The number of carbonyl (C=O) groups is 11. The van der Waals surface area contributed by atoms with Crippen molar-refractivity contribution in [3.63, 3.8) is 0 Å². The fourth-order valence-corrected chi connectivity index (χ4v) is 11.8. The normalized spacial score (nSPS) is 17.8. The van der Waals surface area contributed by atoms with Crippen molar-refractivity contribution >= 4 is 65.1 Å². The van der Waals surface area contributed by atoms with E-state index in [2.05, 4.69) is 31.9 Å². The van der Waals surface area contributed by atoms with Crippen molar-refractivity contribution in [1.82, 2.24) is 56.4 Å². The van der Waals surface area contributed by atoms with Crippen molar-refractivity contribution in [2.75, 3.05) is 74.1 Å². The minimum absolute atomic E-state index is 0.00986. The maximum absolute atomic E-state index is 14.8. The Morgan fingerprint density at radius 3 is 1.92 bits per heavy atom. The van der Waals surface area contributed by atoms with Crippen molar-refractivity contribution < 1.29 is 67.3 Å². The first kappa shape index (κ1) is 77.2. The highest BCUT2D eigenvalue weighted by molar-refractivity contribution is 6.12. The Morgan fingerprint density at radius 2 is 1.37 bits per heavy atom. The number of hydrogen-bond acceptors (Lipinski definition) is 15. The molecule has 0 aromatic heterocycles. The van der Waals surface area contributed by atoms with Gasteiger partial charge < -0.3 is 71.8 Å². The van der Waals surface area contributed by atoms with Gasteiger partial charge in [-0.25, -0.2) is 4.79 Å². The minimum atomic E-state index is -1.25. The lowest BCUT2D eigenvalue weighted by molar-refractivity contribution is -0.148. The van der Waals surface area contributed by atoms with Gasteiger partial charge in [-0.3, -0.25) is 52.8 Å². The summed E-state index contributed by atoms with van der Waals surface area (Å²) >= 11 is 0. The number of aliphatic hydroxyl groups excluding tert-OH is 1. The predicted octanol–water partition coefficient (Wildman–Crippen LogP) is 1.99. The summed E-state index contributed by atoms with van der Waals surface area (Å²) < 4.78 is 12.0. The average Bonchev–Trinajstić information content (AvgIpc) is 1.56. The molecule has 0 saturated carbocycles. The molecular formula is C64H106N12O14. The molecule has 2 aliphatic heterocycles. The number of carbonyl (C=O) groups excluding carboxylic acids is 11. The largest absolute Gasteiger partial charge is 0.386 e. The summed E-state index contributed by atoms with van der Waals surface area (Å²) in [7, 11) is 6.02. The first-order chi connectivity index (χ1) is 42.4. The van der Waals surface area contributed by atoms with Gasteiger partial charge in [0, 0.05) is 73.1 Å². The van der Waals surface area contributed by atoms with E-state index in [4.69, 9.17) is 15.2 Å². The molecular weight excluding hydrogens is 1160 g/mol. The fourth-order valence-electron chi connectivity index (χ4n) is 11.8. The van der Waals surface area contributed by atoms with Crippen molar-refractivity contribution in [2.45, 2.75) is 188 Å². The summed E-state index contributed by atoms with van der Waals surface area (Å²) in [6.07, 6.45) is 2.47. The Bertz CT molecular complexity index is 2570. The van der Waals surface area contributed by atoms with Crippen LogP contribution < -0.4 is 37.6 Å². The molecule has 3 rings (SSSR count). The first-order valence-electron chi connectivity index (χ1n) is 31.8. The van der Waals surface area contributed by atoms with Gasteiger partial charge in [0.25, 0.3) is 11.8 Å². The van der Waals surface area contributed by atoms with E-state index in [0.717, 1.165) is 4.90 Å². The highest BCUT2D eigenvalue weighted by Gasteiger charge is 2.44. The van der Waals surface area contributed by atoms with Crippen LogP contribution in [0.1, 0.15) is 139 Å². The maximum atomic E-state index is 14.8. The van der Waals surface area contributed by atoms with Gasteiger partial charge in [0.05, 0.1) is 55.3 Å². The number of primary amides is 1. The molecule has 0 radical (unpaired) electrons. The lowest BCUT2D eigenvalue weighted by Gasteiger charge is -2.41. The number of likely N-dealkylation sites (tertiary alicyclic amines) is 1. The van der Waals surface area contributed by atoms with E-state index >= 15 is 0 Å². The van der Waals surface area contributed by atoms with Crippen LogP contribution in [-0.4, -0.2) is 223 Å². The van der Waals surface area contributed by atoms with Crippen LogP contribution in [0.4, 0.5) is 4.79 Å². The lowest BCUT2D eigenvalue weighted by atomic mass is 9.89. The average molecular weight is 1270 g/mol. The number of imide groups is 1. The van der Waals surface area contributed by atoms with Gasteiger partial charge in [-0.1, -0.05) is 106 Å². The van der Waals surface area contributed by atoms with E-state index in [1.165, 1.54) is 43.2 Å². The number of nitrogens with two attached hydrogens (primary N) is 1. The molecule has 1 saturated heterocycles. The number of benzene rings is 1. The number of aliphatic hydroxyl groups is 1. The van der Waals surface area contributed by atoms with Gasteiger partial charge in [-0.2, -0.15) is 0 Å². The molecule has 1 aromatic rings. The number of nitrogens with zero attached hydrogens (tertiary/aromatic N) is 5. The van der Waals surface area contributed by atoms with Gasteiger partial charge in [0.1, 0.15) is 24.2 Å². The molecule has 90 heavy (non-hydrogen) atoms. The van der Waals surface area contributed by atoms with Gasteiger partial charge >= 0.3 is 6.03 Å². The van der Waals surface area contributed by atoms with E-state index < -0.39 is 132 Å². The molecule has 1 fully saturated rings. The molecule has 1 aromatic carbocycles. The third-order valence-corrected chi connectivity index (χ3v) is 17.3. The number of urea groups is 1. The third kappa shape index (κ3) is 22.7. The predicted molar refractivity (Wildman–Crippen MR) is 339 cm³/mol. The van der Waals surface area contributed by atoms with Crippen LogP contribution in [0, 0.1) is 29.6 Å². The van der Waals surface area contributed by atoms with Crippen LogP contribution in [-0.2, 0) is 57.4 Å². The number of hydrogen-bond donors (Lipinski definition) is 8. The van der Waals surface area contributed by atoms with Gasteiger partial charge in [0.2, 0.25) is 47.3 Å². The topological polar surface area (TPSA) is 341 Å². The zero-order valence-electron chi connectivity index (χ0n) is 55.9. The molecule has 506 valence electrons. The van der Waals surface area contributed by atoms with E-state index in [1.807, 2.05) is 43.9 Å². The maximum Gasteiger partial charge on any atom is 0.312 e. The molecule has 2 aliphatic rings. The summed E-state index contributed by atoms with van der Waals surface area (Å²) in [6, 6.07) is 1.97. The molecule has 26 heteroatoms. The summed E-state index contributed by atoms with van der Waals surface area (Å²) in [5.74, 6) is -7.20. The van der Waals surface area contributed by atoms with Crippen LogP contribution >= 0.6 is 0 Å². The molecule has 2 heterocycles. The van der Waals surface area contributed by atoms with Gasteiger partial charge in [-0.05, 0) is 81.4 Å². The highest BCUT2D eigenvalue weighted by Crippen LogP contribution is 2.30. The monoisotopic (exact) mass is 1270 g/mol. The molecule has 26 nitrogen and oxygen atoms in total. The van der Waals surface area contributed by atoms with Crippen LogP contribution in [0.5, 0.6) is 0 Å². The van der Waals surface area contributed by atoms with Crippen molar-refractivity contribution in [2.24, 2.45) is 35.3 Å². The molecule has 12 atom stereocenters. The first-order valence-corrected chi connectivity index (χ1v) is 31.8. The molecule has 0 spiro atoms. The second-order valence-electron chi connectivity index (χ2n) is 24.9. The van der Waals surface area contributed by atoms with Crippen molar-refractivity contribution in [3.8, 4) is 0 Å². The zero-order chi connectivity index (χ0) is 67.7. The van der Waals surface area contributed by atoms with E-state index in [9.17, 15) is 57.8 Å². The lowest BCUT2D eigenvalue weighted by Crippen LogP contribution is -2.61. The number of nitrogens with one attached hydrogen (secondary N) is 6. The second kappa shape index (κ2) is 38.0.